The average Bonchev–Trinajstić information content (AvgIpc) is 2.82. The number of oxazole rings is 1. The van der Waals surface area contributed by atoms with Crippen LogP contribution in [-0.4, -0.2) is 10.6 Å². The van der Waals surface area contributed by atoms with Gasteiger partial charge >= 0.3 is 5.76 Å². The van der Waals surface area contributed by atoms with Crippen LogP contribution in [0.3, 0.4) is 0 Å². The molecule has 5 nitrogen and oxygen atoms in total. The third-order valence-corrected chi connectivity index (χ3v) is 3.85. The van der Waals surface area contributed by atoms with Gasteiger partial charge in [0.2, 0.25) is 0 Å². The molecule has 7 heteroatoms. The highest BCUT2D eigenvalue weighted by Gasteiger charge is 2.15. The van der Waals surface area contributed by atoms with E-state index in [1.807, 2.05) is 6.07 Å². The van der Waals surface area contributed by atoms with E-state index in [1.54, 1.807) is 6.07 Å². The summed E-state index contributed by atoms with van der Waals surface area (Å²) in [7, 11) is 1.50. The Balaban J connectivity index is 2.09. The lowest BCUT2D eigenvalue weighted by Gasteiger charge is -2.09. The van der Waals surface area contributed by atoms with Gasteiger partial charge in [-0.25, -0.2) is 13.6 Å². The van der Waals surface area contributed by atoms with Gasteiger partial charge in [-0.05, 0) is 23.3 Å². The molecule has 122 valence electrons. The summed E-state index contributed by atoms with van der Waals surface area (Å²) < 4.78 is 34.6. The number of benzene rings is 2. The van der Waals surface area contributed by atoms with Crippen LogP contribution >= 0.6 is 0 Å². The highest BCUT2D eigenvalue weighted by Crippen LogP contribution is 2.28. The fourth-order valence-corrected chi connectivity index (χ4v) is 2.53. The summed E-state index contributed by atoms with van der Waals surface area (Å²) in [6.07, 6.45) is 0.0698. The first kappa shape index (κ1) is 15.9. The lowest BCUT2D eigenvalue weighted by Crippen LogP contribution is -2.20. The van der Waals surface area contributed by atoms with Crippen LogP contribution in [0, 0.1) is 23.0 Å². The summed E-state index contributed by atoms with van der Waals surface area (Å²) in [6.45, 7) is 0. The van der Waals surface area contributed by atoms with Crippen LogP contribution in [0.15, 0.2) is 39.5 Å². The maximum atomic E-state index is 14.3. The number of hydrogen-bond donors (Lipinski definition) is 1. The van der Waals surface area contributed by atoms with E-state index in [0.717, 1.165) is 6.07 Å². The number of fused-ring (bicyclic) bond motifs is 1. The van der Waals surface area contributed by atoms with Crippen LogP contribution in [0.25, 0.3) is 22.2 Å². The lowest BCUT2D eigenvalue weighted by molar-refractivity contribution is 0.525. The molecular formula is C17H13F2N3O2. The summed E-state index contributed by atoms with van der Waals surface area (Å²) in [6, 6.07) is 7.76. The van der Waals surface area contributed by atoms with Crippen molar-refractivity contribution in [1.29, 1.82) is 5.26 Å². The number of halogens is 2. The summed E-state index contributed by atoms with van der Waals surface area (Å²) in [4.78, 5) is 11.5. The van der Waals surface area contributed by atoms with Crippen molar-refractivity contribution in [3.05, 3.63) is 58.1 Å². The quantitative estimate of drug-likeness (QED) is 0.800. The van der Waals surface area contributed by atoms with E-state index >= 15 is 0 Å². The number of rotatable bonds is 3. The van der Waals surface area contributed by atoms with Crippen molar-refractivity contribution in [1.82, 2.24) is 4.57 Å². The minimum atomic E-state index is -0.807. The number of aromatic nitrogens is 1. The highest BCUT2D eigenvalue weighted by molar-refractivity contribution is 5.81. The topological polar surface area (TPSA) is 84.9 Å². The van der Waals surface area contributed by atoms with E-state index in [1.165, 1.54) is 29.8 Å². The SMILES string of the molecule is Cn1c(=O)oc2cc(F)c(-c3ccc(C[C@H](N)C#N)c(F)c3)cc21. The number of hydrogen-bond acceptors (Lipinski definition) is 4. The molecule has 0 saturated heterocycles. The summed E-state index contributed by atoms with van der Waals surface area (Å²) >= 11 is 0. The summed E-state index contributed by atoms with van der Waals surface area (Å²) in [5.41, 5.74) is 6.78. The molecule has 3 rings (SSSR count). The minimum Gasteiger partial charge on any atom is -0.408 e. The van der Waals surface area contributed by atoms with Crippen LogP contribution in [-0.2, 0) is 13.5 Å². The third kappa shape index (κ3) is 2.68. The number of aryl methyl sites for hydroxylation is 1. The Labute approximate surface area is 135 Å². The van der Waals surface area contributed by atoms with Crippen molar-refractivity contribution in [2.24, 2.45) is 12.8 Å². The van der Waals surface area contributed by atoms with Gasteiger partial charge < -0.3 is 10.2 Å². The second-order valence-corrected chi connectivity index (χ2v) is 5.47. The smallest absolute Gasteiger partial charge is 0.408 e. The Morgan fingerprint density at radius 2 is 2.04 bits per heavy atom. The molecule has 2 aromatic carbocycles. The molecule has 0 radical (unpaired) electrons. The standard InChI is InChI=1S/C17H13F2N3O2/c1-22-15-6-12(14(19)7-16(15)24-17(22)23)9-2-3-10(13(18)5-9)4-11(21)8-20/h2-3,5-7,11H,4,21H2,1H3/t11-/m0/s1. The number of nitriles is 1. The van der Waals surface area contributed by atoms with Gasteiger partial charge in [-0.2, -0.15) is 5.26 Å². The van der Waals surface area contributed by atoms with Gasteiger partial charge in [-0.1, -0.05) is 12.1 Å². The van der Waals surface area contributed by atoms with E-state index in [9.17, 15) is 13.6 Å². The molecular weight excluding hydrogens is 316 g/mol. The molecule has 24 heavy (non-hydrogen) atoms. The maximum Gasteiger partial charge on any atom is 0.419 e. The van der Waals surface area contributed by atoms with Gasteiger partial charge in [0.25, 0.3) is 0 Å². The van der Waals surface area contributed by atoms with Crippen molar-refractivity contribution in [2.75, 3.05) is 0 Å². The second-order valence-electron chi connectivity index (χ2n) is 5.47. The largest absolute Gasteiger partial charge is 0.419 e. The van der Waals surface area contributed by atoms with Crippen molar-refractivity contribution >= 4 is 11.1 Å². The number of nitrogens with zero attached hydrogens (tertiary/aromatic N) is 2. The van der Waals surface area contributed by atoms with E-state index in [2.05, 4.69) is 0 Å². The molecule has 0 aliphatic carbocycles. The fraction of sp³-hybridized carbons (Fsp3) is 0.176. The molecule has 1 heterocycles. The van der Waals surface area contributed by atoms with Gasteiger partial charge in [0.1, 0.15) is 11.6 Å². The third-order valence-electron chi connectivity index (χ3n) is 3.85. The zero-order valence-corrected chi connectivity index (χ0v) is 12.7. The van der Waals surface area contributed by atoms with E-state index in [-0.39, 0.29) is 23.1 Å². The molecule has 1 aromatic heterocycles. The Bertz CT molecular complexity index is 1030. The number of nitrogens with two attached hydrogens (primary N) is 1. The van der Waals surface area contributed by atoms with Gasteiger partial charge in [0, 0.05) is 25.1 Å². The van der Waals surface area contributed by atoms with Gasteiger partial charge in [0.05, 0.1) is 17.6 Å². The van der Waals surface area contributed by atoms with Crippen LogP contribution in [0.5, 0.6) is 0 Å². The Morgan fingerprint density at radius 3 is 2.71 bits per heavy atom. The predicted octanol–water partition coefficient (Wildman–Crippen LogP) is 2.47. The predicted molar refractivity (Wildman–Crippen MR) is 84.1 cm³/mol. The maximum absolute atomic E-state index is 14.3. The molecule has 1 atom stereocenters. The van der Waals surface area contributed by atoms with Gasteiger partial charge in [0.15, 0.2) is 5.58 Å². The fourth-order valence-electron chi connectivity index (χ4n) is 2.53. The van der Waals surface area contributed by atoms with E-state index in [0.29, 0.717) is 11.1 Å². The van der Waals surface area contributed by atoms with Crippen molar-refractivity contribution in [2.45, 2.75) is 12.5 Å². The molecule has 0 spiro atoms. The molecule has 0 aliphatic rings. The first-order chi connectivity index (χ1) is 11.4. The van der Waals surface area contributed by atoms with E-state index in [4.69, 9.17) is 15.4 Å². The van der Waals surface area contributed by atoms with Crippen molar-refractivity contribution in [3.63, 3.8) is 0 Å². The molecule has 0 amide bonds. The summed E-state index contributed by atoms with van der Waals surface area (Å²) in [5.74, 6) is -1.80. The van der Waals surface area contributed by atoms with Gasteiger partial charge in [-0.15, -0.1) is 0 Å². The van der Waals surface area contributed by atoms with E-state index < -0.39 is 23.4 Å². The molecule has 0 bridgehead atoms. The van der Waals surface area contributed by atoms with Crippen molar-refractivity contribution in [3.8, 4) is 17.2 Å². The van der Waals surface area contributed by atoms with Crippen LogP contribution in [0.4, 0.5) is 8.78 Å². The zero-order chi connectivity index (χ0) is 17.4. The molecule has 0 aliphatic heterocycles. The van der Waals surface area contributed by atoms with Crippen LogP contribution < -0.4 is 11.5 Å². The monoisotopic (exact) mass is 329 g/mol. The van der Waals surface area contributed by atoms with Crippen LogP contribution in [0.1, 0.15) is 5.56 Å². The van der Waals surface area contributed by atoms with Crippen LogP contribution in [0.2, 0.25) is 0 Å². The second kappa shape index (κ2) is 5.91. The Morgan fingerprint density at radius 1 is 1.29 bits per heavy atom. The molecule has 2 N–H and O–H groups in total. The first-order valence-electron chi connectivity index (χ1n) is 7.13. The molecule has 3 aromatic rings. The highest BCUT2D eigenvalue weighted by atomic mass is 19.1. The first-order valence-corrected chi connectivity index (χ1v) is 7.13. The Kier molecular flexibility index (Phi) is 3.91. The lowest BCUT2D eigenvalue weighted by atomic mass is 10.00. The average molecular weight is 329 g/mol. The zero-order valence-electron chi connectivity index (χ0n) is 12.7. The molecule has 0 fully saturated rings. The Hall–Kier alpha value is -2.98. The summed E-state index contributed by atoms with van der Waals surface area (Å²) in [5, 5.41) is 8.70. The van der Waals surface area contributed by atoms with Gasteiger partial charge in [-0.3, -0.25) is 4.57 Å². The molecule has 0 unspecified atom stereocenters. The molecule has 0 saturated carbocycles. The van der Waals surface area contributed by atoms with Crippen molar-refractivity contribution < 1.29 is 13.2 Å². The normalized spacial score (nSPS) is 12.3. The minimum absolute atomic E-state index is 0.0698.